The van der Waals surface area contributed by atoms with E-state index in [1.165, 1.54) is 18.9 Å². The van der Waals surface area contributed by atoms with Crippen molar-refractivity contribution >= 4 is 21.8 Å². The van der Waals surface area contributed by atoms with Gasteiger partial charge in [-0.25, -0.2) is 0 Å². The highest BCUT2D eigenvalue weighted by Crippen LogP contribution is 2.34. The van der Waals surface area contributed by atoms with Crippen molar-refractivity contribution in [2.45, 2.75) is 44.8 Å². The Morgan fingerprint density at radius 2 is 2.10 bits per heavy atom. The van der Waals surface area contributed by atoms with Crippen LogP contribution in [0.15, 0.2) is 22.7 Å². The maximum atomic E-state index is 12.7. The predicted molar refractivity (Wildman–Crippen MR) is 78.0 cm³/mol. The lowest BCUT2D eigenvalue weighted by atomic mass is 10.1. The van der Waals surface area contributed by atoms with Gasteiger partial charge in [0.2, 0.25) is 0 Å². The van der Waals surface area contributed by atoms with Crippen LogP contribution in [0.25, 0.3) is 0 Å². The van der Waals surface area contributed by atoms with E-state index >= 15 is 0 Å². The minimum Gasteiger partial charge on any atom is -0.349 e. The van der Waals surface area contributed by atoms with E-state index in [-0.39, 0.29) is 11.6 Å². The van der Waals surface area contributed by atoms with E-state index < -0.39 is 17.6 Å². The number of hydrogen-bond donors (Lipinski definition) is 1. The Balaban J connectivity index is 2.13. The summed E-state index contributed by atoms with van der Waals surface area (Å²) in [6.45, 7) is 1.97. The van der Waals surface area contributed by atoms with Crippen molar-refractivity contribution < 1.29 is 18.0 Å². The summed E-state index contributed by atoms with van der Waals surface area (Å²) in [6.07, 6.45) is -0.412. The fraction of sp³-hybridized carbons (Fsp3) is 0.533. The number of nitrogens with one attached hydrogen (secondary N) is 1. The van der Waals surface area contributed by atoms with Crippen molar-refractivity contribution in [3.8, 4) is 0 Å². The smallest absolute Gasteiger partial charge is 0.349 e. The second-order valence-electron chi connectivity index (χ2n) is 5.45. The Morgan fingerprint density at radius 3 is 2.62 bits per heavy atom. The summed E-state index contributed by atoms with van der Waals surface area (Å²) in [5.41, 5.74) is -0.787. The number of halogens is 4. The average Bonchev–Trinajstić information content (AvgIpc) is 3.20. The summed E-state index contributed by atoms with van der Waals surface area (Å²) >= 11 is 3.14. The van der Waals surface area contributed by atoms with Crippen molar-refractivity contribution in [1.82, 2.24) is 5.32 Å². The highest BCUT2D eigenvalue weighted by molar-refractivity contribution is 9.10. The molecule has 0 bridgehead atoms. The van der Waals surface area contributed by atoms with E-state index in [2.05, 4.69) is 21.2 Å². The van der Waals surface area contributed by atoms with E-state index in [9.17, 15) is 18.0 Å². The number of alkyl halides is 3. The number of carbonyl (C=O) groups is 1. The maximum Gasteiger partial charge on any atom is 0.416 e. The fourth-order valence-electron chi connectivity index (χ4n) is 2.22. The van der Waals surface area contributed by atoms with Gasteiger partial charge in [-0.1, -0.05) is 19.8 Å². The second kappa shape index (κ2) is 6.38. The van der Waals surface area contributed by atoms with Crippen molar-refractivity contribution in [1.29, 1.82) is 0 Å². The first-order valence-electron chi connectivity index (χ1n) is 6.99. The zero-order chi connectivity index (χ0) is 15.6. The van der Waals surface area contributed by atoms with Gasteiger partial charge in [-0.3, -0.25) is 4.79 Å². The van der Waals surface area contributed by atoms with Crippen LogP contribution in [0, 0.1) is 5.92 Å². The molecule has 1 fully saturated rings. The van der Waals surface area contributed by atoms with Gasteiger partial charge in [0.15, 0.2) is 0 Å². The van der Waals surface area contributed by atoms with Crippen LogP contribution in [0.2, 0.25) is 0 Å². The van der Waals surface area contributed by atoms with Gasteiger partial charge in [-0.15, -0.1) is 0 Å². The molecule has 1 saturated carbocycles. The Hall–Kier alpha value is -1.04. The summed E-state index contributed by atoms with van der Waals surface area (Å²) in [5, 5.41) is 2.84. The van der Waals surface area contributed by atoms with Crippen molar-refractivity contribution in [3.63, 3.8) is 0 Å². The molecule has 0 heterocycles. The van der Waals surface area contributed by atoms with E-state index in [4.69, 9.17) is 0 Å². The molecule has 21 heavy (non-hydrogen) atoms. The first-order chi connectivity index (χ1) is 9.81. The molecule has 116 valence electrons. The molecular formula is C15H17BrF3NO. The minimum absolute atomic E-state index is 0.0199. The van der Waals surface area contributed by atoms with Gasteiger partial charge < -0.3 is 5.32 Å². The molecule has 1 amide bonds. The van der Waals surface area contributed by atoms with Gasteiger partial charge in [0.1, 0.15) is 0 Å². The number of benzene rings is 1. The lowest BCUT2D eigenvalue weighted by molar-refractivity contribution is -0.137. The van der Waals surface area contributed by atoms with Gasteiger partial charge in [-0.2, -0.15) is 13.2 Å². The summed E-state index contributed by atoms with van der Waals surface area (Å²) < 4.78 is 38.5. The fourth-order valence-corrected chi connectivity index (χ4v) is 2.65. The Bertz CT molecular complexity index is 526. The molecule has 6 heteroatoms. The molecule has 0 aromatic heterocycles. The Kier molecular flexibility index (Phi) is 4.96. The molecule has 1 N–H and O–H groups in total. The van der Waals surface area contributed by atoms with E-state index in [1.807, 2.05) is 6.92 Å². The summed E-state index contributed by atoms with van der Waals surface area (Å²) in [5.74, 6) is 0.195. The van der Waals surface area contributed by atoms with Gasteiger partial charge in [0, 0.05) is 10.5 Å². The third kappa shape index (κ3) is 4.46. The lowest BCUT2D eigenvalue weighted by Crippen LogP contribution is -2.35. The van der Waals surface area contributed by atoms with Crippen LogP contribution < -0.4 is 5.32 Å². The molecule has 1 unspecified atom stereocenters. The molecule has 2 rings (SSSR count). The first kappa shape index (κ1) is 16.3. The summed E-state index contributed by atoms with van der Waals surface area (Å²) in [7, 11) is 0. The molecule has 2 nitrogen and oxygen atoms in total. The van der Waals surface area contributed by atoms with Gasteiger partial charge in [-0.05, 0) is 52.9 Å². The van der Waals surface area contributed by atoms with Crippen LogP contribution in [-0.2, 0) is 6.18 Å². The maximum absolute atomic E-state index is 12.7. The minimum atomic E-state index is -4.45. The number of amides is 1. The number of hydrogen-bond acceptors (Lipinski definition) is 1. The Morgan fingerprint density at radius 1 is 1.43 bits per heavy atom. The van der Waals surface area contributed by atoms with Crippen molar-refractivity contribution in [2.24, 2.45) is 5.92 Å². The average molecular weight is 364 g/mol. The topological polar surface area (TPSA) is 29.1 Å². The molecule has 1 aromatic carbocycles. The molecule has 0 saturated heterocycles. The van der Waals surface area contributed by atoms with Gasteiger partial charge in [0.25, 0.3) is 5.91 Å². The van der Waals surface area contributed by atoms with Crippen LogP contribution in [0.3, 0.4) is 0 Å². The first-order valence-corrected chi connectivity index (χ1v) is 7.78. The molecule has 1 aliphatic carbocycles. The third-order valence-electron chi connectivity index (χ3n) is 3.68. The van der Waals surface area contributed by atoms with Crippen LogP contribution >= 0.6 is 15.9 Å². The van der Waals surface area contributed by atoms with Gasteiger partial charge >= 0.3 is 6.18 Å². The van der Waals surface area contributed by atoms with Crippen LogP contribution in [0.4, 0.5) is 13.2 Å². The number of rotatable bonds is 5. The van der Waals surface area contributed by atoms with Crippen LogP contribution in [0.5, 0.6) is 0 Å². The van der Waals surface area contributed by atoms with E-state index in [0.717, 1.165) is 25.0 Å². The van der Waals surface area contributed by atoms with Crippen molar-refractivity contribution in [2.75, 3.05) is 0 Å². The van der Waals surface area contributed by atoms with E-state index in [1.54, 1.807) is 0 Å². The quantitative estimate of drug-likeness (QED) is 0.801. The molecule has 1 aliphatic rings. The van der Waals surface area contributed by atoms with Crippen LogP contribution in [0.1, 0.15) is 48.5 Å². The summed E-state index contributed by atoms with van der Waals surface area (Å²) in [6, 6.07) is 3.14. The standard InChI is InChI=1S/C15H17BrF3NO/c1-2-11(7-9-3-4-9)20-14(21)12-8-10(15(17,18)19)5-6-13(12)16/h5-6,8-9,11H,2-4,7H2,1H3,(H,20,21). The van der Waals surface area contributed by atoms with E-state index in [0.29, 0.717) is 10.4 Å². The molecule has 0 spiro atoms. The Labute approximate surface area is 130 Å². The predicted octanol–water partition coefficient (Wildman–Crippen LogP) is 4.78. The highest BCUT2D eigenvalue weighted by atomic mass is 79.9. The van der Waals surface area contributed by atoms with Crippen molar-refractivity contribution in [3.05, 3.63) is 33.8 Å². The molecule has 0 radical (unpaired) electrons. The monoisotopic (exact) mass is 363 g/mol. The zero-order valence-electron chi connectivity index (χ0n) is 11.6. The largest absolute Gasteiger partial charge is 0.416 e. The highest BCUT2D eigenvalue weighted by Gasteiger charge is 2.32. The number of carbonyl (C=O) groups excluding carboxylic acids is 1. The molecular weight excluding hydrogens is 347 g/mol. The third-order valence-corrected chi connectivity index (χ3v) is 4.37. The lowest BCUT2D eigenvalue weighted by Gasteiger charge is -2.18. The molecule has 1 aromatic rings. The second-order valence-corrected chi connectivity index (χ2v) is 6.30. The molecule has 1 atom stereocenters. The SMILES string of the molecule is CCC(CC1CC1)NC(=O)c1cc(C(F)(F)F)ccc1Br. The summed E-state index contributed by atoms with van der Waals surface area (Å²) in [4.78, 5) is 12.2. The van der Waals surface area contributed by atoms with Crippen LogP contribution in [-0.4, -0.2) is 11.9 Å². The normalized spacial score (nSPS) is 16.6. The molecule has 0 aliphatic heterocycles. The zero-order valence-corrected chi connectivity index (χ0v) is 13.2. The van der Waals surface area contributed by atoms with Gasteiger partial charge in [0.05, 0.1) is 11.1 Å².